The van der Waals surface area contributed by atoms with Crippen molar-refractivity contribution in [2.45, 2.75) is 19.3 Å². The third kappa shape index (κ3) is 5.02. The number of fused-ring (bicyclic) bond motifs is 4. The average Bonchev–Trinajstić information content (AvgIpc) is 3.41. The summed E-state index contributed by atoms with van der Waals surface area (Å²) >= 11 is 0. The molecule has 8 aromatic carbocycles. The summed E-state index contributed by atoms with van der Waals surface area (Å²) in [7, 11) is 0. The lowest BCUT2D eigenvalue weighted by molar-refractivity contribution is 0.660. The van der Waals surface area contributed by atoms with Gasteiger partial charge in [-0.15, -0.1) is 0 Å². The number of para-hydroxylation sites is 1. The number of benzene rings is 8. The molecule has 0 aromatic heterocycles. The number of nitrogens with zero attached hydrogens (tertiary/aromatic N) is 1. The maximum absolute atomic E-state index is 2.45. The number of rotatable bonds is 6. The number of hydrogen-bond acceptors (Lipinski definition) is 1. The van der Waals surface area contributed by atoms with E-state index in [0.29, 0.717) is 0 Å². The molecule has 0 atom stereocenters. The van der Waals surface area contributed by atoms with E-state index in [4.69, 9.17) is 0 Å². The second-order valence-corrected chi connectivity index (χ2v) is 13.8. The van der Waals surface area contributed by atoms with Crippen LogP contribution in [0, 0.1) is 0 Å². The van der Waals surface area contributed by atoms with Crippen molar-refractivity contribution in [2.24, 2.45) is 0 Å². The number of anilines is 3. The van der Waals surface area contributed by atoms with Crippen LogP contribution in [0.2, 0.25) is 0 Å². The molecule has 1 aliphatic rings. The van der Waals surface area contributed by atoms with Gasteiger partial charge < -0.3 is 4.90 Å². The van der Waals surface area contributed by atoms with E-state index in [0.717, 1.165) is 17.1 Å². The van der Waals surface area contributed by atoms with Crippen molar-refractivity contribution in [1.29, 1.82) is 0 Å². The Labute approximate surface area is 294 Å². The van der Waals surface area contributed by atoms with E-state index in [9.17, 15) is 0 Å². The van der Waals surface area contributed by atoms with E-state index in [1.165, 1.54) is 66.4 Å². The van der Waals surface area contributed by atoms with Crippen LogP contribution in [0.1, 0.15) is 25.0 Å². The molecule has 0 unspecified atom stereocenters. The highest BCUT2D eigenvalue weighted by Crippen LogP contribution is 2.54. The fourth-order valence-electron chi connectivity index (χ4n) is 7.89. The second kappa shape index (κ2) is 12.1. The van der Waals surface area contributed by atoms with Gasteiger partial charge in [-0.3, -0.25) is 0 Å². The van der Waals surface area contributed by atoms with Gasteiger partial charge in [-0.05, 0) is 97.2 Å². The Morgan fingerprint density at radius 2 is 0.920 bits per heavy atom. The normalized spacial score (nSPS) is 12.8. The summed E-state index contributed by atoms with van der Waals surface area (Å²) in [5.74, 6) is 0. The molecule has 0 aliphatic heterocycles. The van der Waals surface area contributed by atoms with E-state index >= 15 is 0 Å². The average molecular weight is 640 g/mol. The molecule has 1 nitrogen and oxygen atoms in total. The van der Waals surface area contributed by atoms with E-state index in [1.807, 2.05) is 0 Å². The zero-order valence-corrected chi connectivity index (χ0v) is 28.3. The van der Waals surface area contributed by atoms with Crippen LogP contribution in [0.15, 0.2) is 188 Å². The van der Waals surface area contributed by atoms with E-state index < -0.39 is 0 Å². The Morgan fingerprint density at radius 1 is 0.360 bits per heavy atom. The molecule has 238 valence electrons. The van der Waals surface area contributed by atoms with Crippen LogP contribution < -0.4 is 4.90 Å². The minimum atomic E-state index is -0.159. The van der Waals surface area contributed by atoms with E-state index in [-0.39, 0.29) is 5.41 Å². The summed E-state index contributed by atoms with van der Waals surface area (Å²) in [5.41, 5.74) is 16.0. The molecule has 8 aromatic rings. The third-order valence-electron chi connectivity index (χ3n) is 10.4. The molecule has 1 aliphatic carbocycles. The van der Waals surface area contributed by atoms with Gasteiger partial charge in [0.15, 0.2) is 0 Å². The highest BCUT2D eigenvalue weighted by Gasteiger charge is 2.37. The molecule has 50 heavy (non-hydrogen) atoms. The van der Waals surface area contributed by atoms with Crippen LogP contribution in [-0.2, 0) is 5.41 Å². The van der Waals surface area contributed by atoms with Crippen molar-refractivity contribution in [3.8, 4) is 44.5 Å². The fraction of sp³-hybridized carbons (Fsp3) is 0.0612. The lowest BCUT2D eigenvalue weighted by Gasteiger charge is -2.30. The van der Waals surface area contributed by atoms with Crippen LogP contribution >= 0.6 is 0 Å². The first-order valence-corrected chi connectivity index (χ1v) is 17.4. The van der Waals surface area contributed by atoms with E-state index in [2.05, 4.69) is 207 Å². The van der Waals surface area contributed by atoms with Crippen molar-refractivity contribution in [3.63, 3.8) is 0 Å². The first kappa shape index (κ1) is 29.9. The molecule has 0 radical (unpaired) electrons. The van der Waals surface area contributed by atoms with Crippen molar-refractivity contribution in [3.05, 3.63) is 199 Å². The van der Waals surface area contributed by atoms with Crippen molar-refractivity contribution >= 4 is 27.8 Å². The molecule has 0 saturated heterocycles. The zero-order chi connectivity index (χ0) is 33.7. The highest BCUT2D eigenvalue weighted by atomic mass is 15.1. The summed E-state index contributed by atoms with van der Waals surface area (Å²) < 4.78 is 0. The first-order chi connectivity index (χ1) is 24.6. The smallest absolute Gasteiger partial charge is 0.0546 e. The molecular weight excluding hydrogens is 603 g/mol. The molecule has 0 amide bonds. The molecule has 0 bridgehead atoms. The van der Waals surface area contributed by atoms with Crippen LogP contribution in [-0.4, -0.2) is 0 Å². The van der Waals surface area contributed by atoms with Gasteiger partial charge in [0, 0.05) is 22.4 Å². The van der Waals surface area contributed by atoms with Gasteiger partial charge in [-0.25, -0.2) is 0 Å². The molecule has 0 N–H and O–H groups in total. The first-order valence-electron chi connectivity index (χ1n) is 17.4. The molecule has 0 saturated carbocycles. The van der Waals surface area contributed by atoms with Gasteiger partial charge in [-0.1, -0.05) is 166 Å². The monoisotopic (exact) mass is 639 g/mol. The quantitative estimate of drug-likeness (QED) is 0.175. The van der Waals surface area contributed by atoms with Gasteiger partial charge in [-0.2, -0.15) is 0 Å². The minimum absolute atomic E-state index is 0.159. The lowest BCUT2D eigenvalue weighted by atomic mass is 9.81. The Bertz CT molecular complexity index is 2480. The minimum Gasteiger partial charge on any atom is -0.310 e. The maximum atomic E-state index is 2.45. The van der Waals surface area contributed by atoms with Crippen molar-refractivity contribution in [1.82, 2.24) is 0 Å². The summed E-state index contributed by atoms with van der Waals surface area (Å²) in [4.78, 5) is 2.45. The van der Waals surface area contributed by atoms with Crippen LogP contribution in [0.4, 0.5) is 17.1 Å². The predicted molar refractivity (Wildman–Crippen MR) is 213 cm³/mol. The lowest BCUT2D eigenvalue weighted by Crippen LogP contribution is -2.17. The SMILES string of the molecule is CC1(C)c2cc(N(c3ccccc3)c3cc4ccccc4cc3-c3ccc(-c4ccccc4)cc3)ccc2-c2c(-c3ccccc3)cccc21. The molecule has 0 heterocycles. The molecule has 0 fully saturated rings. The fourth-order valence-corrected chi connectivity index (χ4v) is 7.89. The third-order valence-corrected chi connectivity index (χ3v) is 10.4. The Hall–Kier alpha value is -6.18. The van der Waals surface area contributed by atoms with Gasteiger partial charge >= 0.3 is 0 Å². The topological polar surface area (TPSA) is 3.24 Å². The molecule has 0 spiro atoms. The van der Waals surface area contributed by atoms with Crippen molar-refractivity contribution in [2.75, 3.05) is 4.90 Å². The van der Waals surface area contributed by atoms with Crippen LogP contribution in [0.3, 0.4) is 0 Å². The second-order valence-electron chi connectivity index (χ2n) is 13.8. The summed E-state index contributed by atoms with van der Waals surface area (Å²) in [6, 6.07) is 68.6. The van der Waals surface area contributed by atoms with Gasteiger partial charge in [0.05, 0.1) is 5.69 Å². The van der Waals surface area contributed by atoms with Crippen LogP contribution in [0.25, 0.3) is 55.3 Å². The standard InChI is InChI=1S/C49H37N/c1-49(2)45-24-14-23-42(36-17-8-4-9-18-36)48(45)43-30-29-41(33-46(43)49)50(40-21-10-5-11-22-40)47-32-39-20-13-12-19-38(39)31-44(47)37-27-25-35(26-28-37)34-15-6-3-7-16-34/h3-33H,1-2H3. The summed E-state index contributed by atoms with van der Waals surface area (Å²) in [5, 5.41) is 2.44. The van der Waals surface area contributed by atoms with Gasteiger partial charge in [0.2, 0.25) is 0 Å². The molecule has 1 heteroatoms. The Kier molecular flexibility index (Phi) is 7.21. The van der Waals surface area contributed by atoms with Gasteiger partial charge in [0.25, 0.3) is 0 Å². The Balaban J connectivity index is 1.24. The predicted octanol–water partition coefficient (Wildman–Crippen LogP) is 13.6. The number of hydrogen-bond donors (Lipinski definition) is 0. The zero-order valence-electron chi connectivity index (χ0n) is 28.3. The molecular formula is C49H37N. The maximum Gasteiger partial charge on any atom is 0.0546 e. The molecule has 9 rings (SSSR count). The summed E-state index contributed by atoms with van der Waals surface area (Å²) in [6.07, 6.45) is 0. The highest BCUT2D eigenvalue weighted by molar-refractivity contribution is 5.99. The van der Waals surface area contributed by atoms with Crippen LogP contribution in [0.5, 0.6) is 0 Å². The largest absolute Gasteiger partial charge is 0.310 e. The van der Waals surface area contributed by atoms with Crippen molar-refractivity contribution < 1.29 is 0 Å². The van der Waals surface area contributed by atoms with Gasteiger partial charge in [0.1, 0.15) is 0 Å². The summed E-state index contributed by atoms with van der Waals surface area (Å²) in [6.45, 7) is 4.75. The Morgan fingerprint density at radius 3 is 1.62 bits per heavy atom. The van der Waals surface area contributed by atoms with E-state index in [1.54, 1.807) is 0 Å².